The molecule has 1 aliphatic heterocycles. The predicted octanol–water partition coefficient (Wildman–Crippen LogP) is 4.19. The minimum Gasteiger partial charge on any atom is -0.419 e. The van der Waals surface area contributed by atoms with Gasteiger partial charge in [0.05, 0.1) is 6.54 Å². The van der Waals surface area contributed by atoms with E-state index < -0.39 is 0 Å². The van der Waals surface area contributed by atoms with E-state index in [1.165, 1.54) is 24.8 Å². The van der Waals surface area contributed by atoms with E-state index in [2.05, 4.69) is 45.4 Å². The first-order valence-electron chi connectivity index (χ1n) is 9.01. The summed E-state index contributed by atoms with van der Waals surface area (Å²) in [6, 6.07) is 20.7. The molecule has 1 aliphatic rings. The van der Waals surface area contributed by atoms with E-state index in [4.69, 9.17) is 4.42 Å². The van der Waals surface area contributed by atoms with Gasteiger partial charge in [0.1, 0.15) is 0 Å². The SMILES string of the molecule is c1ccc(CC2CCN(Cc3nnc(-c4ccccc4)o3)CC2)cc1. The Kier molecular flexibility index (Phi) is 4.89. The van der Waals surface area contributed by atoms with Gasteiger partial charge in [-0.25, -0.2) is 0 Å². The van der Waals surface area contributed by atoms with Crippen LogP contribution in [-0.2, 0) is 13.0 Å². The Morgan fingerprint density at radius 1 is 0.880 bits per heavy atom. The molecule has 0 unspecified atom stereocenters. The lowest BCUT2D eigenvalue weighted by Crippen LogP contribution is -2.33. The Morgan fingerprint density at radius 3 is 2.28 bits per heavy atom. The minimum absolute atomic E-state index is 0.606. The third kappa shape index (κ3) is 4.15. The van der Waals surface area contributed by atoms with Gasteiger partial charge < -0.3 is 4.42 Å². The number of benzene rings is 2. The maximum Gasteiger partial charge on any atom is 0.247 e. The quantitative estimate of drug-likeness (QED) is 0.702. The Bertz CT molecular complexity index is 777. The average Bonchev–Trinajstić information content (AvgIpc) is 3.14. The molecule has 0 radical (unpaired) electrons. The normalized spacial score (nSPS) is 16.2. The second-order valence-electron chi connectivity index (χ2n) is 6.78. The van der Waals surface area contributed by atoms with E-state index in [1.807, 2.05) is 30.3 Å². The van der Waals surface area contributed by atoms with E-state index >= 15 is 0 Å². The zero-order valence-corrected chi connectivity index (χ0v) is 14.3. The van der Waals surface area contributed by atoms with Crippen LogP contribution in [0.15, 0.2) is 65.1 Å². The molecule has 4 heteroatoms. The molecule has 4 nitrogen and oxygen atoms in total. The van der Waals surface area contributed by atoms with Crippen LogP contribution < -0.4 is 0 Å². The first kappa shape index (κ1) is 16.0. The Hall–Kier alpha value is -2.46. The highest BCUT2D eigenvalue weighted by Gasteiger charge is 2.21. The topological polar surface area (TPSA) is 42.2 Å². The first-order chi connectivity index (χ1) is 12.4. The van der Waals surface area contributed by atoms with Crippen molar-refractivity contribution < 1.29 is 4.42 Å². The van der Waals surface area contributed by atoms with Gasteiger partial charge in [-0.05, 0) is 56.0 Å². The molecule has 25 heavy (non-hydrogen) atoms. The number of nitrogens with zero attached hydrogens (tertiary/aromatic N) is 3. The molecule has 2 aromatic carbocycles. The van der Waals surface area contributed by atoms with Gasteiger partial charge in [0.2, 0.25) is 11.8 Å². The summed E-state index contributed by atoms with van der Waals surface area (Å²) in [5.74, 6) is 2.09. The fourth-order valence-corrected chi connectivity index (χ4v) is 3.50. The Morgan fingerprint density at radius 2 is 1.56 bits per heavy atom. The highest BCUT2D eigenvalue weighted by molar-refractivity contribution is 5.51. The van der Waals surface area contributed by atoms with Crippen molar-refractivity contribution in [3.05, 3.63) is 72.1 Å². The number of hydrogen-bond donors (Lipinski definition) is 0. The molecule has 4 rings (SSSR count). The van der Waals surface area contributed by atoms with Gasteiger partial charge in [0.15, 0.2) is 0 Å². The lowest BCUT2D eigenvalue weighted by Gasteiger charge is -2.31. The van der Waals surface area contributed by atoms with Crippen LogP contribution in [0.3, 0.4) is 0 Å². The van der Waals surface area contributed by atoms with Crippen LogP contribution in [0, 0.1) is 5.92 Å². The van der Waals surface area contributed by atoms with E-state index in [1.54, 1.807) is 0 Å². The van der Waals surface area contributed by atoms with E-state index in [0.717, 1.165) is 31.1 Å². The van der Waals surface area contributed by atoms with Crippen molar-refractivity contribution in [3.8, 4) is 11.5 Å². The number of aromatic nitrogens is 2. The number of likely N-dealkylation sites (tertiary alicyclic amines) is 1. The van der Waals surface area contributed by atoms with Crippen molar-refractivity contribution in [3.63, 3.8) is 0 Å². The van der Waals surface area contributed by atoms with Crippen molar-refractivity contribution >= 4 is 0 Å². The standard InChI is InChI=1S/C21H23N3O/c1-3-7-17(8-4-1)15-18-11-13-24(14-12-18)16-20-22-23-21(25-20)19-9-5-2-6-10-19/h1-10,18H,11-16H2. The molecule has 0 saturated carbocycles. The second-order valence-corrected chi connectivity index (χ2v) is 6.78. The maximum atomic E-state index is 5.83. The molecule has 0 aliphatic carbocycles. The molecule has 0 bridgehead atoms. The van der Waals surface area contributed by atoms with Crippen molar-refractivity contribution in [1.29, 1.82) is 0 Å². The van der Waals surface area contributed by atoms with Crippen molar-refractivity contribution in [2.45, 2.75) is 25.8 Å². The fourth-order valence-electron chi connectivity index (χ4n) is 3.50. The van der Waals surface area contributed by atoms with E-state index in [-0.39, 0.29) is 0 Å². The number of piperidine rings is 1. The summed E-state index contributed by atoms with van der Waals surface area (Å²) >= 11 is 0. The van der Waals surface area contributed by atoms with Gasteiger partial charge in [-0.15, -0.1) is 10.2 Å². The van der Waals surface area contributed by atoms with Gasteiger partial charge in [-0.2, -0.15) is 0 Å². The molecule has 1 fully saturated rings. The van der Waals surface area contributed by atoms with Gasteiger partial charge in [0.25, 0.3) is 0 Å². The molecular weight excluding hydrogens is 310 g/mol. The maximum absolute atomic E-state index is 5.83. The number of rotatable bonds is 5. The molecule has 0 N–H and O–H groups in total. The summed E-state index contributed by atoms with van der Waals surface area (Å²) in [6.07, 6.45) is 3.65. The van der Waals surface area contributed by atoms with Gasteiger partial charge in [0, 0.05) is 5.56 Å². The van der Waals surface area contributed by atoms with Crippen LogP contribution in [0.25, 0.3) is 11.5 Å². The van der Waals surface area contributed by atoms with Gasteiger partial charge in [-0.1, -0.05) is 48.5 Å². The Labute approximate surface area is 148 Å². The summed E-state index contributed by atoms with van der Waals surface area (Å²) in [5.41, 5.74) is 2.42. The summed E-state index contributed by atoms with van der Waals surface area (Å²) in [7, 11) is 0. The lowest BCUT2D eigenvalue weighted by molar-refractivity contribution is 0.164. The molecule has 0 atom stereocenters. The number of hydrogen-bond acceptors (Lipinski definition) is 4. The van der Waals surface area contributed by atoms with Crippen LogP contribution in [0.2, 0.25) is 0 Å². The van der Waals surface area contributed by atoms with Crippen LogP contribution >= 0.6 is 0 Å². The molecule has 1 saturated heterocycles. The summed E-state index contributed by atoms with van der Waals surface area (Å²) in [4.78, 5) is 2.42. The predicted molar refractivity (Wildman–Crippen MR) is 97.9 cm³/mol. The zero-order chi connectivity index (χ0) is 16.9. The minimum atomic E-state index is 0.606. The van der Waals surface area contributed by atoms with Crippen LogP contribution in [0.5, 0.6) is 0 Å². The van der Waals surface area contributed by atoms with Crippen molar-refractivity contribution in [1.82, 2.24) is 15.1 Å². The molecule has 1 aromatic heterocycles. The molecule has 0 amide bonds. The fraction of sp³-hybridized carbons (Fsp3) is 0.333. The molecule has 3 aromatic rings. The first-order valence-corrected chi connectivity index (χ1v) is 9.01. The van der Waals surface area contributed by atoms with Gasteiger partial charge in [-0.3, -0.25) is 4.90 Å². The molecule has 2 heterocycles. The average molecular weight is 333 g/mol. The monoisotopic (exact) mass is 333 g/mol. The van der Waals surface area contributed by atoms with Crippen LogP contribution in [0.4, 0.5) is 0 Å². The van der Waals surface area contributed by atoms with E-state index in [9.17, 15) is 0 Å². The highest BCUT2D eigenvalue weighted by Crippen LogP contribution is 2.23. The Balaban J connectivity index is 1.30. The largest absolute Gasteiger partial charge is 0.419 e. The lowest BCUT2D eigenvalue weighted by atomic mass is 9.90. The molecule has 128 valence electrons. The summed E-state index contributed by atoms with van der Waals surface area (Å²) in [5, 5.41) is 8.39. The molecular formula is C21H23N3O. The smallest absolute Gasteiger partial charge is 0.247 e. The van der Waals surface area contributed by atoms with Crippen LogP contribution in [0.1, 0.15) is 24.3 Å². The van der Waals surface area contributed by atoms with E-state index in [0.29, 0.717) is 11.8 Å². The van der Waals surface area contributed by atoms with Crippen LogP contribution in [-0.4, -0.2) is 28.2 Å². The summed E-state index contributed by atoms with van der Waals surface area (Å²) in [6.45, 7) is 2.94. The third-order valence-electron chi connectivity index (χ3n) is 4.92. The molecule has 0 spiro atoms. The highest BCUT2D eigenvalue weighted by atomic mass is 16.4. The second kappa shape index (κ2) is 7.62. The van der Waals surface area contributed by atoms with Gasteiger partial charge >= 0.3 is 0 Å². The summed E-state index contributed by atoms with van der Waals surface area (Å²) < 4.78 is 5.83. The van der Waals surface area contributed by atoms with Crippen molar-refractivity contribution in [2.75, 3.05) is 13.1 Å². The third-order valence-corrected chi connectivity index (χ3v) is 4.92. The zero-order valence-electron chi connectivity index (χ0n) is 14.3. The van der Waals surface area contributed by atoms with Crippen molar-refractivity contribution in [2.24, 2.45) is 5.92 Å².